The Morgan fingerprint density at radius 1 is 1.03 bits per heavy atom. The minimum atomic E-state index is -3.51. The summed E-state index contributed by atoms with van der Waals surface area (Å²) in [7, 11) is -3.51. The number of piperidine rings is 1. The molecule has 2 heterocycles. The van der Waals surface area contributed by atoms with E-state index in [1.807, 2.05) is 31.2 Å². The van der Waals surface area contributed by atoms with Crippen molar-refractivity contribution in [3.8, 4) is 0 Å². The van der Waals surface area contributed by atoms with E-state index in [2.05, 4.69) is 10.3 Å². The minimum absolute atomic E-state index is 0.0734. The number of hydrogen-bond acceptors (Lipinski definition) is 4. The van der Waals surface area contributed by atoms with Gasteiger partial charge in [-0.1, -0.05) is 24.3 Å². The predicted octanol–water partition coefficient (Wildman–Crippen LogP) is 3.58. The van der Waals surface area contributed by atoms with Gasteiger partial charge in [0.05, 0.1) is 16.1 Å². The number of carbonyl (C=O) groups is 1. The van der Waals surface area contributed by atoms with Crippen molar-refractivity contribution in [2.24, 2.45) is 5.92 Å². The maximum atomic E-state index is 12.8. The fraction of sp³-hybridized carbons (Fsp3) is 0.273. The van der Waals surface area contributed by atoms with Gasteiger partial charge in [-0.25, -0.2) is 8.42 Å². The zero-order valence-electron chi connectivity index (χ0n) is 16.2. The Bertz CT molecular complexity index is 1140. The molecular weight excluding hydrogens is 386 g/mol. The predicted molar refractivity (Wildman–Crippen MR) is 113 cm³/mol. The van der Waals surface area contributed by atoms with Crippen LogP contribution in [0.1, 0.15) is 18.4 Å². The van der Waals surface area contributed by atoms with Crippen molar-refractivity contribution in [1.82, 2.24) is 9.29 Å². The van der Waals surface area contributed by atoms with Gasteiger partial charge in [0, 0.05) is 30.6 Å². The second-order valence-electron chi connectivity index (χ2n) is 7.31. The third-order valence-corrected chi connectivity index (χ3v) is 7.35. The molecule has 1 aliphatic rings. The van der Waals surface area contributed by atoms with Crippen LogP contribution < -0.4 is 5.32 Å². The van der Waals surface area contributed by atoms with Crippen molar-refractivity contribution >= 4 is 32.5 Å². The van der Waals surface area contributed by atoms with Crippen molar-refractivity contribution in [3.05, 3.63) is 66.4 Å². The fourth-order valence-corrected chi connectivity index (χ4v) is 5.25. The maximum absolute atomic E-state index is 12.8. The molecule has 0 spiro atoms. The lowest BCUT2D eigenvalue weighted by atomic mass is 9.97. The van der Waals surface area contributed by atoms with E-state index in [0.717, 1.165) is 22.2 Å². The number of aromatic nitrogens is 1. The van der Waals surface area contributed by atoms with Crippen LogP contribution in [-0.2, 0) is 14.8 Å². The quantitative estimate of drug-likeness (QED) is 0.714. The lowest BCUT2D eigenvalue weighted by Crippen LogP contribution is -2.41. The summed E-state index contributed by atoms with van der Waals surface area (Å²) in [6.07, 6.45) is 2.74. The number of aryl methyl sites for hydroxylation is 1. The average molecular weight is 410 g/mol. The van der Waals surface area contributed by atoms with Gasteiger partial charge in [-0.15, -0.1) is 0 Å². The number of fused-ring (bicyclic) bond motifs is 1. The molecule has 0 unspecified atom stereocenters. The van der Waals surface area contributed by atoms with Crippen LogP contribution >= 0.6 is 0 Å². The number of benzene rings is 2. The topological polar surface area (TPSA) is 79.4 Å². The van der Waals surface area contributed by atoms with E-state index in [-0.39, 0.29) is 11.8 Å². The number of sulfonamides is 1. The summed E-state index contributed by atoms with van der Waals surface area (Å²) in [4.78, 5) is 17.5. The standard InChI is InChI=1S/C22H23N3O3S/c1-16-9-10-20(19-8-5-13-23-21(16)19)24-22(26)17-11-14-25(15-12-17)29(27,28)18-6-3-2-4-7-18/h2-10,13,17H,11-12,14-15H2,1H3,(H,24,26). The first-order chi connectivity index (χ1) is 14.0. The third-order valence-electron chi connectivity index (χ3n) is 5.43. The van der Waals surface area contributed by atoms with Crippen molar-refractivity contribution in [3.63, 3.8) is 0 Å². The summed E-state index contributed by atoms with van der Waals surface area (Å²) in [5.74, 6) is -0.291. The summed E-state index contributed by atoms with van der Waals surface area (Å²) in [6.45, 7) is 2.67. The highest BCUT2D eigenvalue weighted by atomic mass is 32.2. The number of pyridine rings is 1. The number of rotatable bonds is 4. The first kappa shape index (κ1) is 19.5. The molecule has 150 valence electrons. The molecule has 29 heavy (non-hydrogen) atoms. The Balaban J connectivity index is 1.45. The van der Waals surface area contributed by atoms with E-state index >= 15 is 0 Å². The van der Waals surface area contributed by atoms with Crippen molar-refractivity contribution in [2.75, 3.05) is 18.4 Å². The summed E-state index contributed by atoms with van der Waals surface area (Å²) in [5.41, 5.74) is 2.66. The second kappa shape index (κ2) is 7.93. The number of nitrogens with one attached hydrogen (secondary N) is 1. The third kappa shape index (κ3) is 3.88. The van der Waals surface area contributed by atoms with E-state index in [4.69, 9.17) is 0 Å². The van der Waals surface area contributed by atoms with Gasteiger partial charge in [-0.3, -0.25) is 9.78 Å². The van der Waals surface area contributed by atoms with Gasteiger partial charge < -0.3 is 5.32 Å². The molecule has 0 bridgehead atoms. The van der Waals surface area contributed by atoms with Gasteiger partial charge in [0.2, 0.25) is 15.9 Å². The van der Waals surface area contributed by atoms with E-state index in [1.165, 1.54) is 4.31 Å². The second-order valence-corrected chi connectivity index (χ2v) is 9.25. The SMILES string of the molecule is Cc1ccc(NC(=O)C2CCN(S(=O)(=O)c3ccccc3)CC2)c2cccnc12. The van der Waals surface area contributed by atoms with Crippen molar-refractivity contribution in [1.29, 1.82) is 0 Å². The Hall–Kier alpha value is -2.77. The molecule has 1 amide bonds. The molecule has 0 radical (unpaired) electrons. The molecule has 7 heteroatoms. The first-order valence-corrected chi connectivity index (χ1v) is 11.1. The smallest absolute Gasteiger partial charge is 0.243 e. The Kier molecular flexibility index (Phi) is 5.34. The molecule has 6 nitrogen and oxygen atoms in total. The lowest BCUT2D eigenvalue weighted by Gasteiger charge is -2.30. The maximum Gasteiger partial charge on any atom is 0.243 e. The van der Waals surface area contributed by atoms with E-state index in [0.29, 0.717) is 30.8 Å². The fourth-order valence-electron chi connectivity index (χ4n) is 3.76. The number of nitrogens with zero attached hydrogens (tertiary/aromatic N) is 2. The van der Waals surface area contributed by atoms with Crippen LogP contribution in [0.5, 0.6) is 0 Å². The highest BCUT2D eigenvalue weighted by Gasteiger charge is 2.32. The van der Waals surface area contributed by atoms with Gasteiger partial charge in [0.25, 0.3) is 0 Å². The highest BCUT2D eigenvalue weighted by molar-refractivity contribution is 7.89. The Labute approximate surface area is 170 Å². The zero-order chi connectivity index (χ0) is 20.4. The number of anilines is 1. The zero-order valence-corrected chi connectivity index (χ0v) is 17.0. The van der Waals surface area contributed by atoms with Gasteiger partial charge in [0.15, 0.2) is 0 Å². The molecule has 0 saturated carbocycles. The summed E-state index contributed by atoms with van der Waals surface area (Å²) in [5, 5.41) is 3.93. The number of carbonyl (C=O) groups excluding carboxylic acids is 1. The van der Waals surface area contributed by atoms with Crippen LogP contribution in [0.4, 0.5) is 5.69 Å². The molecule has 1 N–H and O–H groups in total. The minimum Gasteiger partial charge on any atom is -0.325 e. The van der Waals surface area contributed by atoms with Crippen LogP contribution in [-0.4, -0.2) is 36.7 Å². The molecule has 3 aromatic rings. The van der Waals surface area contributed by atoms with Crippen molar-refractivity contribution in [2.45, 2.75) is 24.7 Å². The molecular formula is C22H23N3O3S. The molecule has 0 aliphatic carbocycles. The monoisotopic (exact) mass is 409 g/mol. The van der Waals surface area contributed by atoms with E-state index in [1.54, 1.807) is 36.5 Å². The molecule has 1 fully saturated rings. The average Bonchev–Trinajstić information content (AvgIpc) is 2.76. The van der Waals surface area contributed by atoms with E-state index < -0.39 is 10.0 Å². The molecule has 2 aromatic carbocycles. The van der Waals surface area contributed by atoms with E-state index in [9.17, 15) is 13.2 Å². The van der Waals surface area contributed by atoms with Crippen LogP contribution in [0.3, 0.4) is 0 Å². The van der Waals surface area contributed by atoms with Crippen LogP contribution in [0.25, 0.3) is 10.9 Å². The molecule has 4 rings (SSSR count). The normalized spacial score (nSPS) is 16.0. The summed E-state index contributed by atoms with van der Waals surface area (Å²) < 4.78 is 27.0. The van der Waals surface area contributed by atoms with Gasteiger partial charge in [-0.05, 0) is 55.7 Å². The molecule has 1 aliphatic heterocycles. The Morgan fingerprint density at radius 2 is 1.76 bits per heavy atom. The van der Waals surface area contributed by atoms with Crippen LogP contribution in [0.15, 0.2) is 65.7 Å². The van der Waals surface area contributed by atoms with Gasteiger partial charge in [-0.2, -0.15) is 4.31 Å². The van der Waals surface area contributed by atoms with Gasteiger partial charge in [0.1, 0.15) is 0 Å². The summed E-state index contributed by atoms with van der Waals surface area (Å²) in [6, 6.07) is 16.1. The largest absolute Gasteiger partial charge is 0.325 e. The number of amides is 1. The lowest BCUT2D eigenvalue weighted by molar-refractivity contribution is -0.120. The van der Waals surface area contributed by atoms with Crippen molar-refractivity contribution < 1.29 is 13.2 Å². The van der Waals surface area contributed by atoms with Gasteiger partial charge >= 0.3 is 0 Å². The summed E-state index contributed by atoms with van der Waals surface area (Å²) >= 11 is 0. The van der Waals surface area contributed by atoms with Crippen LogP contribution in [0.2, 0.25) is 0 Å². The first-order valence-electron chi connectivity index (χ1n) is 9.67. The van der Waals surface area contributed by atoms with Crippen LogP contribution in [0, 0.1) is 12.8 Å². The number of hydrogen-bond donors (Lipinski definition) is 1. The molecule has 1 saturated heterocycles. The highest BCUT2D eigenvalue weighted by Crippen LogP contribution is 2.28. The molecule has 1 aromatic heterocycles. The molecule has 0 atom stereocenters. The Morgan fingerprint density at radius 3 is 2.48 bits per heavy atom.